The number of aromatic nitrogens is 1. The van der Waals surface area contributed by atoms with Crippen molar-refractivity contribution in [3.63, 3.8) is 0 Å². The lowest BCUT2D eigenvalue weighted by Crippen LogP contribution is -1.88. The quantitative estimate of drug-likeness (QED) is 0.248. The summed E-state index contributed by atoms with van der Waals surface area (Å²) >= 11 is 3.83. The number of halogens is 1. The van der Waals surface area contributed by atoms with E-state index in [1.807, 2.05) is 24.3 Å². The van der Waals surface area contributed by atoms with Crippen molar-refractivity contribution in [2.24, 2.45) is 0 Å². The molecule has 5 aromatic carbocycles. The molecule has 0 aliphatic heterocycles. The van der Waals surface area contributed by atoms with E-state index < -0.39 is 0 Å². The SMILES string of the molecule is Brc1c2ccccc2c(-c2ccc(-c3nc4ccccc4o3)cc2)c2ccccc12. The van der Waals surface area contributed by atoms with Gasteiger partial charge in [-0.2, -0.15) is 0 Å². The summed E-state index contributed by atoms with van der Waals surface area (Å²) in [5, 5.41) is 4.90. The predicted molar refractivity (Wildman–Crippen MR) is 128 cm³/mol. The van der Waals surface area contributed by atoms with Crippen molar-refractivity contribution < 1.29 is 4.42 Å². The van der Waals surface area contributed by atoms with Crippen molar-refractivity contribution in [1.82, 2.24) is 4.98 Å². The molecular formula is C27H16BrNO. The van der Waals surface area contributed by atoms with Gasteiger partial charge in [-0.15, -0.1) is 0 Å². The van der Waals surface area contributed by atoms with Crippen LogP contribution in [-0.2, 0) is 0 Å². The second kappa shape index (κ2) is 6.82. The summed E-state index contributed by atoms with van der Waals surface area (Å²) in [4.78, 5) is 4.62. The van der Waals surface area contributed by atoms with Gasteiger partial charge in [0.05, 0.1) is 0 Å². The third-order valence-corrected chi connectivity index (χ3v) is 6.43. The zero-order valence-electron chi connectivity index (χ0n) is 16.0. The van der Waals surface area contributed by atoms with E-state index in [0.717, 1.165) is 21.1 Å². The van der Waals surface area contributed by atoms with Gasteiger partial charge in [0.1, 0.15) is 5.52 Å². The molecule has 0 spiro atoms. The van der Waals surface area contributed by atoms with Gasteiger partial charge in [-0.05, 0) is 72.9 Å². The molecule has 2 nitrogen and oxygen atoms in total. The standard InChI is InChI=1S/C27H16BrNO/c28-26-21-9-3-1-7-19(21)25(20-8-2-4-10-22(20)26)17-13-15-18(16-14-17)27-29-23-11-5-6-12-24(23)30-27/h1-16H. The van der Waals surface area contributed by atoms with Crippen molar-refractivity contribution in [2.45, 2.75) is 0 Å². The van der Waals surface area contributed by atoms with Crippen LogP contribution in [-0.4, -0.2) is 4.98 Å². The summed E-state index contributed by atoms with van der Waals surface area (Å²) < 4.78 is 7.08. The number of fused-ring (bicyclic) bond motifs is 3. The van der Waals surface area contributed by atoms with E-state index >= 15 is 0 Å². The van der Waals surface area contributed by atoms with Gasteiger partial charge >= 0.3 is 0 Å². The summed E-state index contributed by atoms with van der Waals surface area (Å²) in [6.07, 6.45) is 0. The molecule has 1 aromatic heterocycles. The van der Waals surface area contributed by atoms with Gasteiger partial charge in [0.15, 0.2) is 5.58 Å². The molecule has 0 aliphatic rings. The van der Waals surface area contributed by atoms with Crippen molar-refractivity contribution in [2.75, 3.05) is 0 Å². The highest BCUT2D eigenvalue weighted by atomic mass is 79.9. The topological polar surface area (TPSA) is 26.0 Å². The van der Waals surface area contributed by atoms with Crippen LogP contribution in [0.25, 0.3) is 55.2 Å². The first kappa shape index (κ1) is 17.4. The third-order valence-electron chi connectivity index (χ3n) is 5.58. The maximum Gasteiger partial charge on any atom is 0.227 e. The second-order valence-electron chi connectivity index (χ2n) is 7.34. The highest BCUT2D eigenvalue weighted by Gasteiger charge is 2.14. The van der Waals surface area contributed by atoms with E-state index in [-0.39, 0.29) is 0 Å². The van der Waals surface area contributed by atoms with Gasteiger partial charge in [-0.3, -0.25) is 0 Å². The molecule has 0 fully saturated rings. The van der Waals surface area contributed by atoms with Crippen LogP contribution in [0, 0.1) is 0 Å². The molecule has 6 aromatic rings. The molecule has 142 valence electrons. The molecule has 0 N–H and O–H groups in total. The van der Waals surface area contributed by atoms with Crippen LogP contribution in [0.2, 0.25) is 0 Å². The van der Waals surface area contributed by atoms with Crippen LogP contribution in [0.1, 0.15) is 0 Å². The maximum absolute atomic E-state index is 5.94. The molecule has 3 heteroatoms. The Hall–Kier alpha value is -3.43. The molecule has 0 radical (unpaired) electrons. The predicted octanol–water partition coefficient (Wildman–Crippen LogP) is 8.23. The number of hydrogen-bond acceptors (Lipinski definition) is 2. The number of rotatable bonds is 2. The monoisotopic (exact) mass is 449 g/mol. The first-order chi connectivity index (χ1) is 14.8. The number of nitrogens with zero attached hydrogens (tertiary/aromatic N) is 1. The summed E-state index contributed by atoms with van der Waals surface area (Å²) in [5.41, 5.74) is 5.08. The Labute approximate surface area is 181 Å². The molecule has 0 saturated carbocycles. The Morgan fingerprint density at radius 1 is 0.567 bits per heavy atom. The van der Waals surface area contributed by atoms with E-state index in [0.29, 0.717) is 5.89 Å². The first-order valence-electron chi connectivity index (χ1n) is 9.85. The van der Waals surface area contributed by atoms with Gasteiger partial charge in [-0.25, -0.2) is 4.98 Å². The summed E-state index contributed by atoms with van der Waals surface area (Å²) in [7, 11) is 0. The summed E-state index contributed by atoms with van der Waals surface area (Å²) in [6, 6.07) is 33.4. The smallest absolute Gasteiger partial charge is 0.227 e. The fraction of sp³-hybridized carbons (Fsp3) is 0. The second-order valence-corrected chi connectivity index (χ2v) is 8.14. The molecule has 0 amide bonds. The van der Waals surface area contributed by atoms with Crippen LogP contribution in [0.3, 0.4) is 0 Å². The third kappa shape index (κ3) is 2.66. The molecule has 0 saturated heterocycles. The minimum absolute atomic E-state index is 0.647. The zero-order chi connectivity index (χ0) is 20.1. The van der Waals surface area contributed by atoms with Crippen LogP contribution in [0.15, 0.2) is 106 Å². The fourth-order valence-electron chi connectivity index (χ4n) is 4.16. The lowest BCUT2D eigenvalue weighted by atomic mass is 9.91. The van der Waals surface area contributed by atoms with E-state index in [4.69, 9.17) is 4.42 Å². The Morgan fingerprint density at radius 3 is 1.73 bits per heavy atom. The Kier molecular flexibility index (Phi) is 3.96. The van der Waals surface area contributed by atoms with Gasteiger partial charge in [0.2, 0.25) is 5.89 Å². The van der Waals surface area contributed by atoms with Gasteiger partial charge < -0.3 is 4.42 Å². The molecular weight excluding hydrogens is 434 g/mol. The normalized spacial score (nSPS) is 11.5. The largest absolute Gasteiger partial charge is 0.436 e. The van der Waals surface area contributed by atoms with Crippen molar-refractivity contribution >= 4 is 48.6 Å². The van der Waals surface area contributed by atoms with Crippen LogP contribution in [0.4, 0.5) is 0 Å². The van der Waals surface area contributed by atoms with Gasteiger partial charge in [0, 0.05) is 10.0 Å². The average Bonchev–Trinajstić information content (AvgIpc) is 3.24. The van der Waals surface area contributed by atoms with Gasteiger partial charge in [0.25, 0.3) is 0 Å². The highest BCUT2D eigenvalue weighted by molar-refractivity contribution is 9.10. The van der Waals surface area contributed by atoms with E-state index in [1.165, 1.54) is 32.7 Å². The Morgan fingerprint density at radius 2 is 1.10 bits per heavy atom. The van der Waals surface area contributed by atoms with E-state index in [9.17, 15) is 0 Å². The van der Waals surface area contributed by atoms with E-state index in [2.05, 4.69) is 93.7 Å². The zero-order valence-corrected chi connectivity index (χ0v) is 17.6. The first-order valence-corrected chi connectivity index (χ1v) is 10.6. The molecule has 0 atom stereocenters. The molecule has 0 aliphatic carbocycles. The minimum atomic E-state index is 0.647. The number of hydrogen-bond donors (Lipinski definition) is 0. The average molecular weight is 450 g/mol. The lowest BCUT2D eigenvalue weighted by molar-refractivity contribution is 0.620. The maximum atomic E-state index is 5.94. The molecule has 6 rings (SSSR count). The van der Waals surface area contributed by atoms with Crippen LogP contribution < -0.4 is 0 Å². The van der Waals surface area contributed by atoms with Crippen LogP contribution >= 0.6 is 15.9 Å². The molecule has 1 heterocycles. The van der Waals surface area contributed by atoms with Crippen molar-refractivity contribution in [3.05, 3.63) is 102 Å². The number of oxazole rings is 1. The highest BCUT2D eigenvalue weighted by Crippen LogP contribution is 2.41. The molecule has 30 heavy (non-hydrogen) atoms. The van der Waals surface area contributed by atoms with E-state index in [1.54, 1.807) is 0 Å². The fourth-order valence-corrected chi connectivity index (χ4v) is 4.85. The molecule has 0 bridgehead atoms. The molecule has 0 unspecified atom stereocenters. The van der Waals surface area contributed by atoms with Gasteiger partial charge in [-0.1, -0.05) is 72.8 Å². The number of para-hydroxylation sites is 2. The summed E-state index contributed by atoms with van der Waals surface area (Å²) in [6.45, 7) is 0. The summed E-state index contributed by atoms with van der Waals surface area (Å²) in [5.74, 6) is 0.647. The minimum Gasteiger partial charge on any atom is -0.436 e. The van der Waals surface area contributed by atoms with Crippen LogP contribution in [0.5, 0.6) is 0 Å². The lowest BCUT2D eigenvalue weighted by Gasteiger charge is -2.14. The van der Waals surface area contributed by atoms with Crippen molar-refractivity contribution in [3.8, 4) is 22.6 Å². The van der Waals surface area contributed by atoms with Crippen molar-refractivity contribution in [1.29, 1.82) is 0 Å². The Balaban J connectivity index is 1.56. The number of benzene rings is 5. The Bertz CT molecular complexity index is 1460.